The lowest BCUT2D eigenvalue weighted by Gasteiger charge is -2.10. The van der Waals surface area contributed by atoms with Crippen LogP contribution in [0.5, 0.6) is 0 Å². The van der Waals surface area contributed by atoms with Crippen LogP contribution in [-0.2, 0) is 13.1 Å². The third kappa shape index (κ3) is 2.93. The summed E-state index contributed by atoms with van der Waals surface area (Å²) < 4.78 is 7.38. The maximum Gasteiger partial charge on any atom is 0.0947 e. The van der Waals surface area contributed by atoms with E-state index in [1.807, 2.05) is 12.1 Å². The molecule has 2 heterocycles. The Labute approximate surface area is 125 Å². The van der Waals surface area contributed by atoms with Crippen LogP contribution in [0.2, 0.25) is 0 Å². The molecule has 108 valence electrons. The van der Waals surface area contributed by atoms with Crippen LogP contribution in [0.15, 0.2) is 59.4 Å². The summed E-state index contributed by atoms with van der Waals surface area (Å²) in [6.07, 6.45) is 3.48. The molecular formula is C18H20N2O. The highest BCUT2D eigenvalue weighted by Crippen LogP contribution is 2.20. The first kappa shape index (κ1) is 13.7. The van der Waals surface area contributed by atoms with Crippen molar-refractivity contribution in [2.75, 3.05) is 0 Å². The molecule has 0 saturated carbocycles. The fourth-order valence-corrected chi connectivity index (χ4v) is 2.72. The predicted octanol–water partition coefficient (Wildman–Crippen LogP) is 3.98. The van der Waals surface area contributed by atoms with E-state index in [-0.39, 0.29) is 0 Å². The number of hydrogen-bond donors (Lipinski definition) is 1. The number of hydrogen-bond acceptors (Lipinski definition) is 2. The van der Waals surface area contributed by atoms with Gasteiger partial charge in [-0.1, -0.05) is 18.2 Å². The predicted molar refractivity (Wildman–Crippen MR) is 84.5 cm³/mol. The Kier molecular flexibility index (Phi) is 3.93. The van der Waals surface area contributed by atoms with Crippen molar-refractivity contribution in [3.63, 3.8) is 0 Å². The van der Waals surface area contributed by atoms with Gasteiger partial charge in [0.15, 0.2) is 0 Å². The van der Waals surface area contributed by atoms with Crippen molar-refractivity contribution in [3.05, 3.63) is 77.5 Å². The fraction of sp³-hybridized carbons (Fsp3) is 0.222. The van der Waals surface area contributed by atoms with Crippen molar-refractivity contribution in [2.24, 2.45) is 0 Å². The van der Waals surface area contributed by atoms with Gasteiger partial charge < -0.3 is 14.3 Å². The Bertz CT molecular complexity index is 696. The molecule has 0 fully saturated rings. The third-order valence-corrected chi connectivity index (χ3v) is 3.78. The molecule has 21 heavy (non-hydrogen) atoms. The zero-order chi connectivity index (χ0) is 14.7. The number of benzene rings is 1. The van der Waals surface area contributed by atoms with Crippen LogP contribution in [0.3, 0.4) is 0 Å². The van der Waals surface area contributed by atoms with Gasteiger partial charge in [-0.05, 0) is 43.7 Å². The van der Waals surface area contributed by atoms with E-state index in [1.165, 1.54) is 28.2 Å². The van der Waals surface area contributed by atoms with Gasteiger partial charge in [-0.3, -0.25) is 0 Å². The molecule has 3 aromatic rings. The van der Waals surface area contributed by atoms with Crippen molar-refractivity contribution >= 4 is 0 Å². The molecule has 3 rings (SSSR count). The summed E-state index contributed by atoms with van der Waals surface area (Å²) in [7, 11) is 0. The minimum absolute atomic E-state index is 0.825. The van der Waals surface area contributed by atoms with Gasteiger partial charge >= 0.3 is 0 Å². The van der Waals surface area contributed by atoms with Gasteiger partial charge in [-0.25, -0.2) is 0 Å². The molecule has 0 aliphatic rings. The van der Waals surface area contributed by atoms with Gasteiger partial charge in [-0.2, -0.15) is 0 Å². The van der Waals surface area contributed by atoms with Crippen LogP contribution >= 0.6 is 0 Å². The molecular weight excluding hydrogens is 260 g/mol. The number of aryl methyl sites for hydroxylation is 1. The Balaban J connectivity index is 1.75. The molecule has 2 aromatic heterocycles. The summed E-state index contributed by atoms with van der Waals surface area (Å²) in [4.78, 5) is 0. The standard InChI is InChI=1S/C18H20N2O/c1-14-10-17(12-19-11-16-8-9-21-13-16)15(2)20(14)18-6-4-3-5-7-18/h3-10,13,19H,11-12H2,1-2H3. The molecule has 3 nitrogen and oxygen atoms in total. The number of nitrogens with one attached hydrogen (secondary N) is 1. The molecule has 3 heteroatoms. The topological polar surface area (TPSA) is 30.1 Å². The summed E-state index contributed by atoms with van der Waals surface area (Å²) in [5.41, 5.74) is 6.28. The Morgan fingerprint density at radius 1 is 1.05 bits per heavy atom. The van der Waals surface area contributed by atoms with E-state index in [9.17, 15) is 0 Å². The molecule has 0 saturated heterocycles. The number of para-hydroxylation sites is 1. The molecule has 1 N–H and O–H groups in total. The summed E-state index contributed by atoms with van der Waals surface area (Å²) in [6.45, 7) is 6.01. The van der Waals surface area contributed by atoms with E-state index in [4.69, 9.17) is 4.42 Å². The van der Waals surface area contributed by atoms with Gasteiger partial charge in [0.25, 0.3) is 0 Å². The summed E-state index contributed by atoms with van der Waals surface area (Å²) in [5, 5.41) is 3.46. The maximum atomic E-state index is 5.08. The second kappa shape index (κ2) is 6.02. The molecule has 0 bridgehead atoms. The van der Waals surface area contributed by atoms with Crippen LogP contribution in [-0.4, -0.2) is 4.57 Å². The molecule has 0 spiro atoms. The fourth-order valence-electron chi connectivity index (χ4n) is 2.72. The monoisotopic (exact) mass is 280 g/mol. The lowest BCUT2D eigenvalue weighted by Crippen LogP contribution is -2.12. The summed E-state index contributed by atoms with van der Waals surface area (Å²) in [6, 6.07) is 14.7. The minimum atomic E-state index is 0.825. The zero-order valence-corrected chi connectivity index (χ0v) is 12.5. The van der Waals surface area contributed by atoms with E-state index in [1.54, 1.807) is 12.5 Å². The second-order valence-electron chi connectivity index (χ2n) is 5.30. The number of rotatable bonds is 5. The summed E-state index contributed by atoms with van der Waals surface area (Å²) >= 11 is 0. The van der Waals surface area contributed by atoms with Gasteiger partial charge in [0.05, 0.1) is 12.5 Å². The zero-order valence-electron chi connectivity index (χ0n) is 12.5. The van der Waals surface area contributed by atoms with Crippen molar-refractivity contribution in [2.45, 2.75) is 26.9 Å². The lowest BCUT2D eigenvalue weighted by atomic mass is 10.2. The van der Waals surface area contributed by atoms with Crippen molar-refractivity contribution in [3.8, 4) is 5.69 Å². The van der Waals surface area contributed by atoms with Crippen LogP contribution in [0.1, 0.15) is 22.5 Å². The molecule has 0 unspecified atom stereocenters. The SMILES string of the molecule is Cc1cc(CNCc2ccoc2)c(C)n1-c1ccccc1. The van der Waals surface area contributed by atoms with E-state index >= 15 is 0 Å². The first-order valence-electron chi connectivity index (χ1n) is 7.21. The van der Waals surface area contributed by atoms with E-state index < -0.39 is 0 Å². The average molecular weight is 280 g/mol. The molecule has 0 aliphatic heterocycles. The molecule has 0 radical (unpaired) electrons. The normalized spacial score (nSPS) is 11.0. The third-order valence-electron chi connectivity index (χ3n) is 3.78. The highest BCUT2D eigenvalue weighted by Gasteiger charge is 2.10. The first-order valence-corrected chi connectivity index (χ1v) is 7.21. The van der Waals surface area contributed by atoms with E-state index in [0.717, 1.165) is 13.1 Å². The van der Waals surface area contributed by atoms with Crippen LogP contribution < -0.4 is 5.32 Å². The molecule has 0 amide bonds. The Morgan fingerprint density at radius 2 is 1.86 bits per heavy atom. The van der Waals surface area contributed by atoms with E-state index in [2.05, 4.69) is 54.1 Å². The maximum absolute atomic E-state index is 5.08. The lowest BCUT2D eigenvalue weighted by molar-refractivity contribution is 0.560. The number of aromatic nitrogens is 1. The first-order chi connectivity index (χ1) is 10.3. The number of furan rings is 1. The highest BCUT2D eigenvalue weighted by atomic mass is 16.3. The smallest absolute Gasteiger partial charge is 0.0947 e. The highest BCUT2D eigenvalue weighted by molar-refractivity contribution is 5.40. The second-order valence-corrected chi connectivity index (χ2v) is 5.30. The Morgan fingerprint density at radius 3 is 2.57 bits per heavy atom. The molecule has 0 atom stereocenters. The minimum Gasteiger partial charge on any atom is -0.472 e. The van der Waals surface area contributed by atoms with Crippen LogP contribution in [0.25, 0.3) is 5.69 Å². The average Bonchev–Trinajstić information content (AvgIpc) is 3.09. The van der Waals surface area contributed by atoms with Gasteiger partial charge in [-0.15, -0.1) is 0 Å². The van der Waals surface area contributed by atoms with Crippen LogP contribution in [0, 0.1) is 13.8 Å². The largest absolute Gasteiger partial charge is 0.472 e. The number of nitrogens with zero attached hydrogens (tertiary/aromatic N) is 1. The van der Waals surface area contributed by atoms with Crippen molar-refractivity contribution in [1.82, 2.24) is 9.88 Å². The van der Waals surface area contributed by atoms with Crippen LogP contribution in [0.4, 0.5) is 0 Å². The van der Waals surface area contributed by atoms with Gasteiger partial charge in [0, 0.05) is 35.7 Å². The van der Waals surface area contributed by atoms with Gasteiger partial charge in [0.2, 0.25) is 0 Å². The van der Waals surface area contributed by atoms with Crippen molar-refractivity contribution < 1.29 is 4.42 Å². The van der Waals surface area contributed by atoms with Crippen molar-refractivity contribution in [1.29, 1.82) is 0 Å². The molecule has 0 aliphatic carbocycles. The summed E-state index contributed by atoms with van der Waals surface area (Å²) in [5.74, 6) is 0. The van der Waals surface area contributed by atoms with Gasteiger partial charge in [0.1, 0.15) is 0 Å². The quantitative estimate of drug-likeness (QED) is 0.766. The van der Waals surface area contributed by atoms with E-state index in [0.29, 0.717) is 0 Å². The molecule has 1 aromatic carbocycles. The Hall–Kier alpha value is -2.26.